The topological polar surface area (TPSA) is 81.1 Å². The lowest BCUT2D eigenvalue weighted by atomic mass is 10.2. The number of rotatable bonds is 3. The van der Waals surface area contributed by atoms with Crippen molar-refractivity contribution in [2.75, 3.05) is 6.54 Å². The summed E-state index contributed by atoms with van der Waals surface area (Å²) in [5, 5.41) is 20.0. The van der Waals surface area contributed by atoms with Gasteiger partial charge in [-0.05, 0) is 17.7 Å². The number of nitrogens with zero attached hydrogens (tertiary/aromatic N) is 2. The van der Waals surface area contributed by atoms with E-state index in [0.29, 0.717) is 5.56 Å². The Labute approximate surface area is 107 Å². The Balaban J connectivity index is 2.18. The molecule has 1 heterocycles. The zero-order chi connectivity index (χ0) is 14.0. The SMILES string of the molecule is O=C(O)C1=CN(Cc2ccc(F)cc2)N(C(=O)O)C1. The molecular formula is C12H11FN2O4. The Bertz CT molecular complexity index is 541. The fourth-order valence-corrected chi connectivity index (χ4v) is 1.75. The molecule has 0 fully saturated rings. The lowest BCUT2D eigenvalue weighted by molar-refractivity contribution is -0.132. The maximum Gasteiger partial charge on any atom is 0.426 e. The first kappa shape index (κ1) is 12.9. The zero-order valence-electron chi connectivity index (χ0n) is 9.78. The van der Waals surface area contributed by atoms with Crippen LogP contribution in [0.1, 0.15) is 5.56 Å². The van der Waals surface area contributed by atoms with Crippen molar-refractivity contribution in [3.63, 3.8) is 0 Å². The Morgan fingerprint density at radius 3 is 2.37 bits per heavy atom. The molecule has 1 aromatic carbocycles. The van der Waals surface area contributed by atoms with Crippen LogP contribution < -0.4 is 0 Å². The molecule has 0 aliphatic carbocycles. The molecule has 0 aromatic heterocycles. The van der Waals surface area contributed by atoms with Crippen LogP contribution in [0.3, 0.4) is 0 Å². The largest absolute Gasteiger partial charge is 0.478 e. The van der Waals surface area contributed by atoms with Gasteiger partial charge < -0.3 is 10.2 Å². The van der Waals surface area contributed by atoms with Gasteiger partial charge >= 0.3 is 12.1 Å². The van der Waals surface area contributed by atoms with Gasteiger partial charge in [-0.2, -0.15) is 0 Å². The van der Waals surface area contributed by atoms with Gasteiger partial charge in [0.2, 0.25) is 0 Å². The van der Waals surface area contributed by atoms with E-state index >= 15 is 0 Å². The van der Waals surface area contributed by atoms with Gasteiger partial charge in [0.05, 0.1) is 18.7 Å². The molecule has 1 aromatic rings. The molecular weight excluding hydrogens is 255 g/mol. The number of hydrazine groups is 1. The Kier molecular flexibility index (Phi) is 3.37. The Morgan fingerprint density at radius 2 is 1.84 bits per heavy atom. The highest BCUT2D eigenvalue weighted by Gasteiger charge is 2.29. The molecule has 7 heteroatoms. The van der Waals surface area contributed by atoms with Crippen molar-refractivity contribution in [1.82, 2.24) is 10.0 Å². The van der Waals surface area contributed by atoms with Crippen LogP contribution in [0.4, 0.5) is 9.18 Å². The van der Waals surface area contributed by atoms with Gasteiger partial charge in [0.15, 0.2) is 0 Å². The normalized spacial score (nSPS) is 14.5. The highest BCUT2D eigenvalue weighted by molar-refractivity contribution is 5.88. The number of aliphatic carboxylic acids is 1. The van der Waals surface area contributed by atoms with Crippen LogP contribution in [0.5, 0.6) is 0 Å². The van der Waals surface area contributed by atoms with Crippen LogP contribution >= 0.6 is 0 Å². The van der Waals surface area contributed by atoms with E-state index in [1.807, 2.05) is 0 Å². The van der Waals surface area contributed by atoms with Gasteiger partial charge in [-0.25, -0.2) is 19.0 Å². The van der Waals surface area contributed by atoms with Crippen LogP contribution in [-0.4, -0.2) is 38.8 Å². The molecule has 2 rings (SSSR count). The zero-order valence-corrected chi connectivity index (χ0v) is 9.78. The van der Waals surface area contributed by atoms with Crippen molar-refractivity contribution >= 4 is 12.1 Å². The van der Waals surface area contributed by atoms with Crippen molar-refractivity contribution in [2.24, 2.45) is 0 Å². The molecule has 1 aliphatic heterocycles. The van der Waals surface area contributed by atoms with Crippen molar-refractivity contribution in [3.8, 4) is 0 Å². The summed E-state index contributed by atoms with van der Waals surface area (Å²) in [5.41, 5.74) is 0.667. The van der Waals surface area contributed by atoms with E-state index in [1.54, 1.807) is 0 Å². The van der Waals surface area contributed by atoms with Crippen molar-refractivity contribution < 1.29 is 24.2 Å². The van der Waals surface area contributed by atoms with Crippen LogP contribution in [-0.2, 0) is 11.3 Å². The van der Waals surface area contributed by atoms with Gasteiger partial charge in [0, 0.05) is 6.20 Å². The second-order valence-corrected chi connectivity index (χ2v) is 4.02. The molecule has 0 saturated heterocycles. The van der Waals surface area contributed by atoms with Gasteiger partial charge in [-0.3, -0.25) is 5.01 Å². The number of hydrogen-bond acceptors (Lipinski definition) is 3. The second-order valence-electron chi connectivity index (χ2n) is 4.02. The number of carbonyl (C=O) groups is 2. The number of amides is 1. The summed E-state index contributed by atoms with van der Waals surface area (Å²) < 4.78 is 12.8. The van der Waals surface area contributed by atoms with E-state index < -0.39 is 12.1 Å². The predicted molar refractivity (Wildman–Crippen MR) is 62.4 cm³/mol. The van der Waals surface area contributed by atoms with E-state index in [2.05, 4.69) is 0 Å². The van der Waals surface area contributed by atoms with Crippen LogP contribution in [0, 0.1) is 5.82 Å². The van der Waals surface area contributed by atoms with Gasteiger partial charge in [0.1, 0.15) is 5.82 Å². The van der Waals surface area contributed by atoms with E-state index in [-0.39, 0.29) is 24.5 Å². The van der Waals surface area contributed by atoms with Gasteiger partial charge in [-0.15, -0.1) is 0 Å². The summed E-state index contributed by atoms with van der Waals surface area (Å²) >= 11 is 0. The van der Waals surface area contributed by atoms with Gasteiger partial charge in [0.25, 0.3) is 0 Å². The summed E-state index contributed by atoms with van der Waals surface area (Å²) in [7, 11) is 0. The number of benzene rings is 1. The molecule has 1 amide bonds. The third-order valence-electron chi connectivity index (χ3n) is 2.69. The highest BCUT2D eigenvalue weighted by Crippen LogP contribution is 2.18. The minimum Gasteiger partial charge on any atom is -0.478 e. The number of carboxylic acid groups (broad SMARTS) is 2. The number of carboxylic acids is 1. The molecule has 2 N–H and O–H groups in total. The molecule has 6 nitrogen and oxygen atoms in total. The molecule has 0 spiro atoms. The lowest BCUT2D eigenvalue weighted by Gasteiger charge is -2.26. The molecule has 0 atom stereocenters. The molecule has 0 radical (unpaired) electrons. The van der Waals surface area contributed by atoms with Gasteiger partial charge in [-0.1, -0.05) is 12.1 Å². The maximum atomic E-state index is 12.8. The third-order valence-corrected chi connectivity index (χ3v) is 2.69. The van der Waals surface area contributed by atoms with E-state index in [1.165, 1.54) is 35.5 Å². The second kappa shape index (κ2) is 4.97. The lowest BCUT2D eigenvalue weighted by Crippen LogP contribution is -2.39. The summed E-state index contributed by atoms with van der Waals surface area (Å²) in [6, 6.07) is 5.56. The Morgan fingerprint density at radius 1 is 1.21 bits per heavy atom. The fraction of sp³-hybridized carbons (Fsp3) is 0.167. The average Bonchev–Trinajstić information content (AvgIpc) is 2.76. The number of halogens is 1. The third kappa shape index (κ3) is 2.82. The van der Waals surface area contributed by atoms with E-state index in [4.69, 9.17) is 10.2 Å². The predicted octanol–water partition coefficient (Wildman–Crippen LogP) is 1.50. The monoisotopic (exact) mass is 266 g/mol. The summed E-state index contributed by atoms with van der Waals surface area (Å²) in [6.07, 6.45) is 0.0226. The Hall–Kier alpha value is -2.57. The first-order valence-corrected chi connectivity index (χ1v) is 5.43. The molecule has 0 saturated carbocycles. The maximum absolute atomic E-state index is 12.8. The average molecular weight is 266 g/mol. The van der Waals surface area contributed by atoms with Crippen molar-refractivity contribution in [2.45, 2.75) is 6.54 Å². The summed E-state index contributed by atoms with van der Waals surface area (Å²) in [6.45, 7) is -0.0464. The first-order chi connectivity index (χ1) is 8.97. The molecule has 0 unspecified atom stereocenters. The molecule has 1 aliphatic rings. The molecule has 0 bridgehead atoms. The molecule has 19 heavy (non-hydrogen) atoms. The minimum absolute atomic E-state index is 0.00971. The van der Waals surface area contributed by atoms with Crippen molar-refractivity contribution in [1.29, 1.82) is 0 Å². The highest BCUT2D eigenvalue weighted by atomic mass is 19.1. The first-order valence-electron chi connectivity index (χ1n) is 5.43. The van der Waals surface area contributed by atoms with E-state index in [0.717, 1.165) is 5.01 Å². The minimum atomic E-state index is -1.24. The van der Waals surface area contributed by atoms with E-state index in [9.17, 15) is 14.0 Å². The number of hydrogen-bond donors (Lipinski definition) is 2. The smallest absolute Gasteiger partial charge is 0.426 e. The van der Waals surface area contributed by atoms with Crippen LogP contribution in [0.2, 0.25) is 0 Å². The van der Waals surface area contributed by atoms with Crippen molar-refractivity contribution in [3.05, 3.63) is 47.4 Å². The summed E-state index contributed by atoms with van der Waals surface area (Å²) in [4.78, 5) is 21.9. The quantitative estimate of drug-likeness (QED) is 0.866. The fourth-order valence-electron chi connectivity index (χ4n) is 1.75. The summed E-state index contributed by atoms with van der Waals surface area (Å²) in [5.74, 6) is -1.55. The van der Waals surface area contributed by atoms with Crippen LogP contribution in [0.25, 0.3) is 0 Å². The molecule has 100 valence electrons. The van der Waals surface area contributed by atoms with Crippen LogP contribution in [0.15, 0.2) is 36.0 Å². The standard InChI is InChI=1S/C12H11FN2O4/c13-10-3-1-8(2-4-10)5-14-6-9(11(16)17)7-15(14)12(18)19/h1-4,6H,5,7H2,(H,16,17)(H,18,19).